The van der Waals surface area contributed by atoms with E-state index >= 15 is 0 Å². The highest BCUT2D eigenvalue weighted by Crippen LogP contribution is 2.32. The molecule has 0 radical (unpaired) electrons. The average molecular weight is 548 g/mol. The highest BCUT2D eigenvalue weighted by molar-refractivity contribution is 5.01. The monoisotopic (exact) mass is 547 g/mol. The average Bonchev–Trinajstić information content (AvgIpc) is 2.86. The number of nitrogens with one attached hydrogen (secondary N) is 1. The Morgan fingerprint density at radius 2 is 1.43 bits per heavy atom. The summed E-state index contributed by atoms with van der Waals surface area (Å²) in [5.74, 6) is 0. The topological polar surface area (TPSA) is 322 Å². The van der Waals surface area contributed by atoms with E-state index in [0.29, 0.717) is 0 Å². The molecule has 2 aliphatic heterocycles. The number of hydroxylamine groups is 1. The van der Waals surface area contributed by atoms with Crippen LogP contribution in [0, 0.1) is 0 Å². The molecule has 0 aromatic heterocycles. The Hall–Kier alpha value is -0.760. The maximum absolute atomic E-state index is 11.1. The second-order valence-corrected chi connectivity index (χ2v) is 9.19. The molecule has 15 atom stereocenters. The normalized spacial score (nSPS) is 49.4. The van der Waals surface area contributed by atoms with Gasteiger partial charge in [0.2, 0.25) is 0 Å². The quantitative estimate of drug-likeness (QED) is 0.119. The van der Waals surface area contributed by atoms with E-state index in [1.54, 1.807) is 0 Å². The van der Waals surface area contributed by atoms with E-state index in [2.05, 4.69) is 4.84 Å². The molecular weight excluding hydrogens is 510 g/mol. The molecule has 218 valence electrons. The molecule has 3 fully saturated rings. The molecule has 0 spiro atoms. The molecular formula is C18H37N5O14. The van der Waals surface area contributed by atoms with Crippen molar-refractivity contribution in [3.05, 3.63) is 0 Å². The van der Waals surface area contributed by atoms with E-state index < -0.39 is 104 Å². The minimum absolute atomic E-state index is 0.0975. The van der Waals surface area contributed by atoms with Gasteiger partial charge in [0.05, 0.1) is 24.1 Å². The van der Waals surface area contributed by atoms with Gasteiger partial charge in [-0.05, 0) is 6.42 Å². The lowest BCUT2D eigenvalue weighted by molar-refractivity contribution is -0.527. The molecule has 0 bridgehead atoms. The van der Waals surface area contributed by atoms with Crippen LogP contribution in [0.15, 0.2) is 0 Å². The Labute approximate surface area is 210 Å². The van der Waals surface area contributed by atoms with Crippen molar-refractivity contribution in [3.63, 3.8) is 0 Å². The largest absolute Gasteiger partial charge is 0.394 e. The number of aliphatic hydroxyl groups excluding tert-OH is 6. The first-order chi connectivity index (χ1) is 17.4. The van der Waals surface area contributed by atoms with E-state index in [1.807, 2.05) is 5.48 Å². The van der Waals surface area contributed by atoms with Gasteiger partial charge in [0.15, 0.2) is 18.7 Å². The number of rotatable bonds is 9. The lowest BCUT2D eigenvalue weighted by Crippen LogP contribution is -2.69. The Balaban J connectivity index is 1.80. The highest BCUT2D eigenvalue weighted by atomic mass is 17.1. The number of nitrogens with zero attached hydrogens (tertiary/aromatic N) is 1. The van der Waals surface area contributed by atoms with E-state index in [-0.39, 0.29) is 13.0 Å². The van der Waals surface area contributed by atoms with Gasteiger partial charge in [-0.3, -0.25) is 10.4 Å². The second kappa shape index (κ2) is 13.1. The van der Waals surface area contributed by atoms with Gasteiger partial charge < -0.3 is 72.0 Å². The van der Waals surface area contributed by atoms with Crippen molar-refractivity contribution in [1.29, 1.82) is 0 Å². The van der Waals surface area contributed by atoms with Gasteiger partial charge >= 0.3 is 0 Å². The van der Waals surface area contributed by atoms with Gasteiger partial charge in [0.25, 0.3) is 0 Å². The van der Waals surface area contributed by atoms with Crippen LogP contribution in [0.1, 0.15) is 6.42 Å². The molecule has 3 rings (SSSR count). The Morgan fingerprint density at radius 1 is 0.811 bits per heavy atom. The van der Waals surface area contributed by atoms with Crippen LogP contribution < -0.4 is 22.7 Å². The van der Waals surface area contributed by atoms with Crippen LogP contribution in [0.3, 0.4) is 0 Å². The first-order valence-electron chi connectivity index (χ1n) is 11.5. The summed E-state index contributed by atoms with van der Waals surface area (Å²) in [6, 6.07) is -3.33. The van der Waals surface area contributed by atoms with Gasteiger partial charge in [-0.15, -0.1) is 0 Å². The zero-order chi connectivity index (χ0) is 27.6. The fourth-order valence-electron chi connectivity index (χ4n) is 4.69. The fourth-order valence-corrected chi connectivity index (χ4v) is 4.69. The molecule has 19 nitrogen and oxygen atoms in total. The Morgan fingerprint density at radius 3 is 2.00 bits per heavy atom. The van der Waals surface area contributed by atoms with E-state index in [4.69, 9.17) is 46.6 Å². The summed E-state index contributed by atoms with van der Waals surface area (Å²) in [5, 5.41) is 88.6. The zero-order valence-corrected chi connectivity index (χ0v) is 19.5. The summed E-state index contributed by atoms with van der Waals surface area (Å²) in [4.78, 5) is 4.67. The minimum Gasteiger partial charge on any atom is -0.394 e. The molecule has 19 heteroatoms. The van der Waals surface area contributed by atoms with Crippen LogP contribution in [0.5, 0.6) is 0 Å². The van der Waals surface area contributed by atoms with Crippen LogP contribution in [-0.4, -0.2) is 157 Å². The second-order valence-electron chi connectivity index (χ2n) is 9.19. The van der Waals surface area contributed by atoms with E-state index in [0.717, 1.165) is 0 Å². The fraction of sp³-hybridized carbons (Fsp3) is 1.00. The smallest absolute Gasteiger partial charge is 0.189 e. The third kappa shape index (κ3) is 6.53. The molecule has 16 N–H and O–H groups in total. The van der Waals surface area contributed by atoms with Crippen LogP contribution in [0.25, 0.3) is 0 Å². The SMILES string of the molecule is NC[C@H]1O[C@H](OC2[C@@H](N)C[C@@H](NO)[C@H](O[C@H]3O[C@H](CO)[C@@H](O)[C@H](N)[C@H]3O)[C@H]2O)[C@H](ON(O)O)[C@@H](O)[C@@H]1O. The van der Waals surface area contributed by atoms with Gasteiger partial charge in [-0.1, -0.05) is 0 Å². The molecule has 3 aliphatic rings. The third-order valence-corrected chi connectivity index (χ3v) is 6.80. The number of aliphatic hydroxyl groups is 6. The minimum atomic E-state index is -1.78. The van der Waals surface area contributed by atoms with Crippen molar-refractivity contribution >= 4 is 0 Å². The van der Waals surface area contributed by atoms with Crippen molar-refractivity contribution in [2.24, 2.45) is 17.2 Å². The van der Waals surface area contributed by atoms with E-state index in [9.17, 15) is 35.8 Å². The van der Waals surface area contributed by atoms with Crippen molar-refractivity contribution < 1.29 is 70.0 Å². The lowest BCUT2D eigenvalue weighted by Gasteiger charge is -2.48. The van der Waals surface area contributed by atoms with Gasteiger partial charge in [0, 0.05) is 12.6 Å². The van der Waals surface area contributed by atoms with Gasteiger partial charge in [-0.25, -0.2) is 4.84 Å². The predicted octanol–water partition coefficient (Wildman–Crippen LogP) is -7.25. The number of hydrogen-bond acceptors (Lipinski definition) is 19. The molecule has 0 aromatic carbocycles. The molecule has 1 unspecified atom stereocenters. The van der Waals surface area contributed by atoms with Crippen molar-refractivity contribution in [1.82, 2.24) is 10.9 Å². The van der Waals surface area contributed by atoms with Crippen molar-refractivity contribution in [2.45, 2.75) is 98.2 Å². The lowest BCUT2D eigenvalue weighted by atomic mass is 9.84. The summed E-state index contributed by atoms with van der Waals surface area (Å²) in [6.45, 7) is -0.931. The molecule has 0 aromatic rings. The molecule has 37 heavy (non-hydrogen) atoms. The van der Waals surface area contributed by atoms with Crippen LogP contribution in [-0.2, 0) is 23.8 Å². The van der Waals surface area contributed by atoms with Crippen molar-refractivity contribution in [2.75, 3.05) is 13.2 Å². The summed E-state index contributed by atoms with van der Waals surface area (Å²) >= 11 is 0. The third-order valence-electron chi connectivity index (χ3n) is 6.80. The molecule has 1 aliphatic carbocycles. The first kappa shape index (κ1) is 30.8. The standard InChI is InChI=1S/C18H37N5O14/c19-2-6-10(26)12(28)16(37-23(31)32)18(33-6)35-14-4(20)1-5(22-30)15(13(14)29)36-17-11(27)8(21)9(25)7(3-24)34-17/h4-18,22,24-32H,1-3,19-21H2/t4-,5+,6+,7+,8-,9+,10+,11+,12-,13-,14?,15-,16+,17+,18+/m0/s1. The number of nitrogens with two attached hydrogens (primary N) is 3. The molecule has 2 saturated heterocycles. The van der Waals surface area contributed by atoms with Gasteiger partial charge in [0.1, 0.15) is 54.9 Å². The molecule has 1 saturated carbocycles. The summed E-state index contributed by atoms with van der Waals surface area (Å²) in [6.07, 6.45) is -18.3. The first-order valence-corrected chi connectivity index (χ1v) is 11.5. The van der Waals surface area contributed by atoms with Crippen LogP contribution in [0.4, 0.5) is 0 Å². The van der Waals surface area contributed by atoms with Crippen LogP contribution in [0.2, 0.25) is 0 Å². The Kier molecular flexibility index (Phi) is 10.9. The van der Waals surface area contributed by atoms with E-state index in [1.165, 1.54) is 0 Å². The number of hydrogen-bond donors (Lipinski definition) is 13. The zero-order valence-electron chi connectivity index (χ0n) is 19.5. The maximum Gasteiger partial charge on any atom is 0.189 e. The molecule has 0 amide bonds. The van der Waals surface area contributed by atoms with Crippen molar-refractivity contribution in [3.8, 4) is 0 Å². The summed E-state index contributed by atoms with van der Waals surface area (Å²) in [5.41, 5.74) is 19.4. The number of ether oxygens (including phenoxy) is 4. The van der Waals surface area contributed by atoms with Crippen LogP contribution >= 0.6 is 0 Å². The maximum atomic E-state index is 11.1. The highest BCUT2D eigenvalue weighted by Gasteiger charge is 2.53. The summed E-state index contributed by atoms with van der Waals surface area (Å²) < 4.78 is 22.3. The van der Waals surface area contributed by atoms with Gasteiger partial charge in [-0.2, -0.15) is 5.48 Å². The Bertz CT molecular complexity index is 714. The predicted molar refractivity (Wildman–Crippen MR) is 113 cm³/mol. The summed E-state index contributed by atoms with van der Waals surface area (Å²) in [7, 11) is 0. The molecule has 2 heterocycles.